The van der Waals surface area contributed by atoms with Crippen molar-refractivity contribution < 1.29 is 4.42 Å². The van der Waals surface area contributed by atoms with Crippen LogP contribution in [0.3, 0.4) is 0 Å². The van der Waals surface area contributed by atoms with Crippen LogP contribution in [-0.4, -0.2) is 6.04 Å². The molecule has 1 aliphatic rings. The van der Waals surface area contributed by atoms with Crippen LogP contribution in [-0.2, 0) is 0 Å². The summed E-state index contributed by atoms with van der Waals surface area (Å²) >= 11 is 0. The van der Waals surface area contributed by atoms with E-state index in [0.717, 1.165) is 11.7 Å². The molecular weight excluding hydrogens is 234 g/mol. The van der Waals surface area contributed by atoms with E-state index in [1.807, 2.05) is 6.07 Å². The largest absolute Gasteiger partial charge is 0.468 e. The van der Waals surface area contributed by atoms with E-state index in [4.69, 9.17) is 4.42 Å². The third kappa shape index (κ3) is 3.62. The second kappa shape index (κ2) is 6.13. The smallest absolute Gasteiger partial charge is 0.120 e. The Labute approximate surface area is 118 Å². The summed E-state index contributed by atoms with van der Waals surface area (Å²) in [6.45, 7) is 9.37. The van der Waals surface area contributed by atoms with Gasteiger partial charge in [0.2, 0.25) is 0 Å². The molecule has 0 aliphatic heterocycles. The first-order chi connectivity index (χ1) is 9.03. The van der Waals surface area contributed by atoms with E-state index in [1.54, 1.807) is 6.26 Å². The second-order valence-corrected chi connectivity index (χ2v) is 6.79. The molecule has 1 N–H and O–H groups in total. The van der Waals surface area contributed by atoms with Crippen LogP contribution in [0.5, 0.6) is 0 Å². The van der Waals surface area contributed by atoms with Gasteiger partial charge in [-0.15, -0.1) is 0 Å². The lowest BCUT2D eigenvalue weighted by molar-refractivity contribution is 0.133. The molecule has 0 bridgehead atoms. The van der Waals surface area contributed by atoms with Crippen LogP contribution in [0.1, 0.15) is 71.6 Å². The fraction of sp³-hybridized carbons (Fsp3) is 0.765. The van der Waals surface area contributed by atoms with Gasteiger partial charge in [-0.2, -0.15) is 0 Å². The third-order valence-corrected chi connectivity index (χ3v) is 5.20. The van der Waals surface area contributed by atoms with Gasteiger partial charge in [0.1, 0.15) is 5.76 Å². The molecule has 1 fully saturated rings. The monoisotopic (exact) mass is 263 g/mol. The van der Waals surface area contributed by atoms with Crippen molar-refractivity contribution in [3.63, 3.8) is 0 Å². The summed E-state index contributed by atoms with van der Waals surface area (Å²) in [5.74, 6) is 1.95. The fourth-order valence-electron chi connectivity index (χ4n) is 3.30. The van der Waals surface area contributed by atoms with Crippen molar-refractivity contribution in [3.05, 3.63) is 24.2 Å². The molecule has 2 nitrogen and oxygen atoms in total. The fourth-order valence-corrected chi connectivity index (χ4v) is 3.30. The Morgan fingerprint density at radius 1 is 1.32 bits per heavy atom. The quantitative estimate of drug-likeness (QED) is 0.815. The molecule has 1 unspecified atom stereocenters. The van der Waals surface area contributed by atoms with Gasteiger partial charge in [0.15, 0.2) is 0 Å². The summed E-state index contributed by atoms with van der Waals surface area (Å²) in [7, 11) is 0. The van der Waals surface area contributed by atoms with Gasteiger partial charge in [0, 0.05) is 6.04 Å². The lowest BCUT2D eigenvalue weighted by Crippen LogP contribution is -2.37. The van der Waals surface area contributed by atoms with Crippen LogP contribution >= 0.6 is 0 Å². The van der Waals surface area contributed by atoms with Crippen LogP contribution in [0, 0.1) is 11.3 Å². The number of rotatable bonds is 5. The highest BCUT2D eigenvalue weighted by Gasteiger charge is 2.32. The van der Waals surface area contributed by atoms with Gasteiger partial charge in [-0.05, 0) is 56.1 Å². The molecule has 2 heteroatoms. The number of hydrogen-bond acceptors (Lipinski definition) is 2. The van der Waals surface area contributed by atoms with E-state index in [1.165, 1.54) is 32.1 Å². The van der Waals surface area contributed by atoms with Gasteiger partial charge in [-0.25, -0.2) is 0 Å². The maximum absolute atomic E-state index is 5.47. The van der Waals surface area contributed by atoms with Crippen molar-refractivity contribution >= 4 is 0 Å². The van der Waals surface area contributed by atoms with Crippen molar-refractivity contribution in [1.29, 1.82) is 0 Å². The van der Waals surface area contributed by atoms with E-state index in [-0.39, 0.29) is 0 Å². The van der Waals surface area contributed by atoms with Gasteiger partial charge in [-0.1, -0.05) is 27.2 Å². The highest BCUT2D eigenvalue weighted by atomic mass is 16.3. The zero-order chi connectivity index (χ0) is 13.9. The minimum atomic E-state index is 0.329. The standard InChI is InChI=1S/C17H29NO/c1-5-17(3,4)14-8-10-15(11-9-14)18-13(2)16-7-6-12-19-16/h6-7,12-15,18H,5,8-11H2,1-4H3. The molecule has 0 saturated heterocycles. The predicted molar refractivity (Wildman–Crippen MR) is 80.1 cm³/mol. The minimum absolute atomic E-state index is 0.329. The molecular formula is C17H29NO. The molecule has 0 radical (unpaired) electrons. The summed E-state index contributed by atoms with van der Waals surface area (Å²) in [4.78, 5) is 0. The van der Waals surface area contributed by atoms with Gasteiger partial charge in [0.05, 0.1) is 12.3 Å². The average molecular weight is 263 g/mol. The van der Waals surface area contributed by atoms with Gasteiger partial charge in [0.25, 0.3) is 0 Å². The van der Waals surface area contributed by atoms with Crippen molar-refractivity contribution in [1.82, 2.24) is 5.32 Å². The predicted octanol–water partition coefficient (Wildman–Crippen LogP) is 4.93. The maximum atomic E-state index is 5.47. The summed E-state index contributed by atoms with van der Waals surface area (Å²) in [5.41, 5.74) is 0.512. The summed E-state index contributed by atoms with van der Waals surface area (Å²) < 4.78 is 5.47. The van der Waals surface area contributed by atoms with Crippen LogP contribution in [0.15, 0.2) is 22.8 Å². The Morgan fingerprint density at radius 3 is 2.53 bits per heavy atom. The van der Waals surface area contributed by atoms with Crippen molar-refractivity contribution in [2.75, 3.05) is 0 Å². The molecule has 1 saturated carbocycles. The molecule has 1 atom stereocenters. The lowest BCUT2D eigenvalue weighted by atomic mass is 9.69. The Hall–Kier alpha value is -0.760. The Kier molecular flexibility index (Phi) is 4.72. The van der Waals surface area contributed by atoms with Crippen LogP contribution in [0.4, 0.5) is 0 Å². The van der Waals surface area contributed by atoms with E-state index in [9.17, 15) is 0 Å². The first-order valence-corrected chi connectivity index (χ1v) is 7.82. The normalized spacial score (nSPS) is 26.3. The Balaban J connectivity index is 1.81. The van der Waals surface area contributed by atoms with Crippen LogP contribution in [0.25, 0.3) is 0 Å². The number of hydrogen-bond donors (Lipinski definition) is 1. The highest BCUT2D eigenvalue weighted by Crippen LogP contribution is 2.40. The molecule has 0 spiro atoms. The molecule has 2 rings (SSSR count). The molecule has 1 aromatic rings. The van der Waals surface area contributed by atoms with E-state index >= 15 is 0 Å². The van der Waals surface area contributed by atoms with E-state index < -0.39 is 0 Å². The molecule has 1 heterocycles. The van der Waals surface area contributed by atoms with E-state index in [0.29, 0.717) is 17.5 Å². The second-order valence-electron chi connectivity index (χ2n) is 6.79. The van der Waals surface area contributed by atoms with Crippen LogP contribution in [0.2, 0.25) is 0 Å². The first-order valence-electron chi connectivity index (χ1n) is 7.82. The molecule has 108 valence electrons. The van der Waals surface area contributed by atoms with Gasteiger partial charge in [-0.3, -0.25) is 0 Å². The van der Waals surface area contributed by atoms with Crippen molar-refractivity contribution in [2.24, 2.45) is 11.3 Å². The Bertz CT molecular complexity index is 361. The minimum Gasteiger partial charge on any atom is -0.468 e. The SMILES string of the molecule is CCC(C)(C)C1CCC(NC(C)c2ccco2)CC1. The molecule has 0 amide bonds. The average Bonchev–Trinajstić information content (AvgIpc) is 2.93. The van der Waals surface area contributed by atoms with Gasteiger partial charge >= 0.3 is 0 Å². The molecule has 19 heavy (non-hydrogen) atoms. The van der Waals surface area contributed by atoms with Crippen molar-refractivity contribution in [2.45, 2.75) is 71.9 Å². The van der Waals surface area contributed by atoms with Gasteiger partial charge < -0.3 is 9.73 Å². The van der Waals surface area contributed by atoms with Crippen molar-refractivity contribution in [3.8, 4) is 0 Å². The number of furan rings is 1. The third-order valence-electron chi connectivity index (χ3n) is 5.20. The Morgan fingerprint density at radius 2 is 2.00 bits per heavy atom. The molecule has 0 aromatic carbocycles. The topological polar surface area (TPSA) is 25.2 Å². The first kappa shape index (κ1) is 14.6. The molecule has 1 aliphatic carbocycles. The lowest BCUT2D eigenvalue weighted by Gasteiger charge is -2.39. The van der Waals surface area contributed by atoms with E-state index in [2.05, 4.69) is 39.1 Å². The summed E-state index contributed by atoms with van der Waals surface area (Å²) in [6.07, 6.45) is 8.39. The number of nitrogens with one attached hydrogen (secondary N) is 1. The highest BCUT2D eigenvalue weighted by molar-refractivity contribution is 5.03. The zero-order valence-electron chi connectivity index (χ0n) is 12.9. The zero-order valence-corrected chi connectivity index (χ0v) is 12.9. The summed E-state index contributed by atoms with van der Waals surface area (Å²) in [6, 6.07) is 5.01. The molecule has 1 aromatic heterocycles. The summed E-state index contributed by atoms with van der Waals surface area (Å²) in [5, 5.41) is 3.72. The maximum Gasteiger partial charge on any atom is 0.120 e. The van der Waals surface area contributed by atoms with Crippen LogP contribution < -0.4 is 5.32 Å².